The molecule has 2 N–H and O–H groups in total. The van der Waals surface area contributed by atoms with Crippen LogP contribution in [0, 0.1) is 0 Å². The van der Waals surface area contributed by atoms with Crippen LogP contribution in [0.2, 0.25) is 0 Å². The molecule has 0 spiro atoms. The quantitative estimate of drug-likeness (QED) is 0.522. The molecular formula is C26H32N4O2. The van der Waals surface area contributed by atoms with Gasteiger partial charge in [-0.2, -0.15) is 5.10 Å². The van der Waals surface area contributed by atoms with E-state index in [2.05, 4.69) is 64.6 Å². The second-order valence-corrected chi connectivity index (χ2v) is 8.93. The molecule has 1 fully saturated rings. The summed E-state index contributed by atoms with van der Waals surface area (Å²) in [6.45, 7) is 9.35. The number of amides is 1. The van der Waals surface area contributed by atoms with Crippen LogP contribution in [0.4, 0.5) is 5.69 Å². The van der Waals surface area contributed by atoms with Crippen LogP contribution < -0.4 is 10.1 Å². The maximum absolute atomic E-state index is 11.2. The second kappa shape index (κ2) is 10.0. The van der Waals surface area contributed by atoms with E-state index in [0.29, 0.717) is 18.4 Å². The van der Waals surface area contributed by atoms with E-state index in [1.54, 1.807) is 0 Å². The predicted octanol–water partition coefficient (Wildman–Crippen LogP) is 5.06. The Morgan fingerprint density at radius 3 is 2.62 bits per heavy atom. The van der Waals surface area contributed by atoms with Gasteiger partial charge < -0.3 is 10.1 Å². The van der Waals surface area contributed by atoms with Crippen LogP contribution in [0.25, 0.3) is 0 Å². The van der Waals surface area contributed by atoms with E-state index in [-0.39, 0.29) is 5.91 Å². The minimum absolute atomic E-state index is 0.0482. The average molecular weight is 433 g/mol. The molecular weight excluding hydrogens is 400 g/mol. The van der Waals surface area contributed by atoms with Crippen molar-refractivity contribution in [2.24, 2.45) is 0 Å². The van der Waals surface area contributed by atoms with Gasteiger partial charge in [-0.3, -0.25) is 14.8 Å². The van der Waals surface area contributed by atoms with Crippen molar-refractivity contribution in [1.82, 2.24) is 15.1 Å². The third-order valence-corrected chi connectivity index (χ3v) is 5.96. The molecule has 2 heterocycles. The third-order valence-electron chi connectivity index (χ3n) is 5.96. The van der Waals surface area contributed by atoms with Gasteiger partial charge >= 0.3 is 0 Å². The predicted molar refractivity (Wildman–Crippen MR) is 127 cm³/mol. The molecule has 0 saturated carbocycles. The zero-order chi connectivity index (χ0) is 22.5. The van der Waals surface area contributed by atoms with Gasteiger partial charge in [0, 0.05) is 31.6 Å². The lowest BCUT2D eigenvalue weighted by molar-refractivity contribution is -0.114. The van der Waals surface area contributed by atoms with Gasteiger partial charge in [0.2, 0.25) is 5.91 Å². The fourth-order valence-corrected chi connectivity index (χ4v) is 4.15. The highest BCUT2D eigenvalue weighted by molar-refractivity contribution is 5.88. The molecule has 2 aromatic carbocycles. The summed E-state index contributed by atoms with van der Waals surface area (Å²) in [4.78, 5) is 13.6. The fourth-order valence-electron chi connectivity index (χ4n) is 4.15. The molecule has 0 radical (unpaired) electrons. The van der Waals surface area contributed by atoms with Crippen molar-refractivity contribution in [3.05, 3.63) is 77.1 Å². The summed E-state index contributed by atoms with van der Waals surface area (Å²) in [5, 5.41) is 10.5. The molecule has 0 aliphatic carbocycles. The molecule has 3 aromatic rings. The highest BCUT2D eigenvalue weighted by atomic mass is 16.5. The van der Waals surface area contributed by atoms with Crippen LogP contribution in [0.5, 0.6) is 5.75 Å². The molecule has 1 aliphatic rings. The van der Waals surface area contributed by atoms with Gasteiger partial charge in [0.25, 0.3) is 0 Å². The molecule has 4 rings (SSSR count). The number of nitrogens with one attached hydrogen (secondary N) is 2. The van der Waals surface area contributed by atoms with E-state index in [1.807, 2.05) is 24.3 Å². The Balaban J connectivity index is 1.27. The van der Waals surface area contributed by atoms with Gasteiger partial charge in [0.15, 0.2) is 0 Å². The minimum Gasteiger partial charge on any atom is -0.487 e. The average Bonchev–Trinajstić information content (AvgIpc) is 3.43. The monoisotopic (exact) mass is 432 g/mol. The van der Waals surface area contributed by atoms with E-state index < -0.39 is 0 Å². The number of benzene rings is 2. The van der Waals surface area contributed by atoms with E-state index in [0.717, 1.165) is 48.9 Å². The smallest absolute Gasteiger partial charge is 0.221 e. The Hall–Kier alpha value is -3.12. The lowest BCUT2D eigenvalue weighted by Crippen LogP contribution is -2.19. The van der Waals surface area contributed by atoms with Crippen LogP contribution in [-0.2, 0) is 17.9 Å². The number of hydrogen-bond donors (Lipinski definition) is 2. The Kier molecular flexibility index (Phi) is 6.90. The Morgan fingerprint density at radius 1 is 1.19 bits per heavy atom. The van der Waals surface area contributed by atoms with E-state index in [4.69, 9.17) is 4.74 Å². The molecule has 1 unspecified atom stereocenters. The molecule has 1 atom stereocenters. The maximum Gasteiger partial charge on any atom is 0.221 e. The third kappa shape index (κ3) is 5.77. The minimum atomic E-state index is -0.0482. The zero-order valence-electron chi connectivity index (χ0n) is 19.1. The van der Waals surface area contributed by atoms with Crippen molar-refractivity contribution in [3.8, 4) is 5.75 Å². The summed E-state index contributed by atoms with van der Waals surface area (Å²) < 4.78 is 5.93. The van der Waals surface area contributed by atoms with E-state index >= 15 is 0 Å². The lowest BCUT2D eigenvalue weighted by atomic mass is 10.0. The van der Waals surface area contributed by atoms with Gasteiger partial charge in [0.1, 0.15) is 12.4 Å². The summed E-state index contributed by atoms with van der Waals surface area (Å²) in [5.74, 6) is 1.78. The van der Waals surface area contributed by atoms with Gasteiger partial charge in [-0.1, -0.05) is 38.1 Å². The number of aromatic nitrogens is 2. The number of likely N-dealkylation sites (tertiary alicyclic amines) is 1. The van der Waals surface area contributed by atoms with Crippen LogP contribution in [0.3, 0.4) is 0 Å². The molecule has 1 saturated heterocycles. The van der Waals surface area contributed by atoms with Crippen LogP contribution >= 0.6 is 0 Å². The highest BCUT2D eigenvalue weighted by Gasteiger charge is 2.25. The van der Waals surface area contributed by atoms with Crippen molar-refractivity contribution in [2.45, 2.75) is 52.2 Å². The first-order valence-electron chi connectivity index (χ1n) is 11.3. The number of rotatable bonds is 8. The van der Waals surface area contributed by atoms with Crippen LogP contribution in [-0.4, -0.2) is 34.1 Å². The van der Waals surface area contributed by atoms with Crippen LogP contribution in [0.15, 0.2) is 54.6 Å². The van der Waals surface area contributed by atoms with Crippen molar-refractivity contribution < 1.29 is 9.53 Å². The zero-order valence-corrected chi connectivity index (χ0v) is 19.1. The second-order valence-electron chi connectivity index (χ2n) is 8.93. The molecule has 1 amide bonds. The molecule has 1 aromatic heterocycles. The normalized spacial score (nSPS) is 16.4. The molecule has 1 aliphatic heterocycles. The van der Waals surface area contributed by atoms with Gasteiger partial charge in [-0.15, -0.1) is 0 Å². The van der Waals surface area contributed by atoms with Crippen molar-refractivity contribution in [1.29, 1.82) is 0 Å². The van der Waals surface area contributed by atoms with E-state index in [9.17, 15) is 4.79 Å². The molecule has 6 nitrogen and oxygen atoms in total. The standard InChI is InChI=1S/C26H32N4O2/c1-18(2)21-6-10-25(11-7-21)32-17-24-14-26(29-28-24)22-12-13-30(16-22)15-20-4-8-23(9-5-20)27-19(3)31/h4-11,14,18,22H,12-13,15-17H2,1-3H3,(H,27,31)(H,28,29). The first-order valence-corrected chi connectivity index (χ1v) is 11.3. The summed E-state index contributed by atoms with van der Waals surface area (Å²) >= 11 is 0. The topological polar surface area (TPSA) is 70.2 Å². The number of aromatic amines is 1. The van der Waals surface area contributed by atoms with E-state index in [1.165, 1.54) is 18.1 Å². The van der Waals surface area contributed by atoms with Crippen molar-refractivity contribution >= 4 is 11.6 Å². The van der Waals surface area contributed by atoms with Crippen LogP contribution in [0.1, 0.15) is 61.5 Å². The molecule has 0 bridgehead atoms. The molecule has 6 heteroatoms. The maximum atomic E-state index is 11.2. The van der Waals surface area contributed by atoms with Crippen molar-refractivity contribution in [2.75, 3.05) is 18.4 Å². The molecule has 168 valence electrons. The summed E-state index contributed by atoms with van der Waals surface area (Å²) in [6.07, 6.45) is 1.10. The summed E-state index contributed by atoms with van der Waals surface area (Å²) in [7, 11) is 0. The SMILES string of the molecule is CC(=O)Nc1ccc(CN2CCC(c3cc(COc4ccc(C(C)C)cc4)[nH]n3)C2)cc1. The number of anilines is 1. The van der Waals surface area contributed by atoms with Gasteiger partial charge in [-0.25, -0.2) is 0 Å². The van der Waals surface area contributed by atoms with Crippen molar-refractivity contribution in [3.63, 3.8) is 0 Å². The van der Waals surface area contributed by atoms with Gasteiger partial charge in [0.05, 0.1) is 11.4 Å². The number of nitrogens with zero attached hydrogens (tertiary/aromatic N) is 2. The first-order chi connectivity index (χ1) is 15.5. The number of hydrogen-bond acceptors (Lipinski definition) is 4. The Bertz CT molecular complexity index is 1020. The lowest BCUT2D eigenvalue weighted by Gasteiger charge is -2.16. The number of carbonyl (C=O) groups excluding carboxylic acids is 1. The largest absolute Gasteiger partial charge is 0.487 e. The summed E-state index contributed by atoms with van der Waals surface area (Å²) in [5.41, 5.74) is 5.51. The summed E-state index contributed by atoms with van der Waals surface area (Å²) in [6, 6.07) is 18.5. The number of carbonyl (C=O) groups is 1. The molecule has 32 heavy (non-hydrogen) atoms. The Morgan fingerprint density at radius 2 is 1.94 bits per heavy atom. The number of ether oxygens (including phenoxy) is 1. The first kappa shape index (κ1) is 22.1. The Labute approximate surface area is 190 Å². The number of H-pyrrole nitrogens is 1. The highest BCUT2D eigenvalue weighted by Crippen LogP contribution is 2.28. The fraction of sp³-hybridized carbons (Fsp3) is 0.385. The van der Waals surface area contributed by atoms with Gasteiger partial charge in [-0.05, 0) is 60.3 Å².